The van der Waals surface area contributed by atoms with Crippen molar-refractivity contribution in [2.75, 3.05) is 6.61 Å². The molecule has 0 radical (unpaired) electrons. The summed E-state index contributed by atoms with van der Waals surface area (Å²) in [4.78, 5) is 0. The molecule has 0 bridgehead atoms. The van der Waals surface area contributed by atoms with Gasteiger partial charge in [-0.3, -0.25) is 5.73 Å². The maximum Gasteiger partial charge on any atom is 0.252 e. The highest BCUT2D eigenvalue weighted by molar-refractivity contribution is 4.92. The Morgan fingerprint density at radius 2 is 1.77 bits per heavy atom. The molecule has 0 aromatic carbocycles. The van der Waals surface area contributed by atoms with Gasteiger partial charge in [-0.15, -0.1) is 0 Å². The first kappa shape index (κ1) is 10.8. The Kier molecular flexibility index (Phi) is 2.88. The summed E-state index contributed by atoms with van der Waals surface area (Å²) in [6.45, 7) is -0.621. The molecule has 0 aromatic heterocycles. The van der Waals surface area contributed by atoms with Gasteiger partial charge in [0.15, 0.2) is 6.10 Å². The molecule has 1 rings (SSSR count). The van der Waals surface area contributed by atoms with Gasteiger partial charge < -0.3 is 30.3 Å². The Hall–Kier alpha value is -0.280. The van der Waals surface area contributed by atoms with Gasteiger partial charge in [-0.05, 0) is 0 Å². The fourth-order valence-corrected chi connectivity index (χ4v) is 1.18. The average Bonchev–Trinajstić information content (AvgIpc) is 2.08. The zero-order chi connectivity index (χ0) is 10.2. The summed E-state index contributed by atoms with van der Waals surface area (Å²) in [6, 6.07) is 0. The van der Waals surface area contributed by atoms with E-state index in [1.54, 1.807) is 0 Å². The molecule has 1 aliphatic heterocycles. The summed E-state index contributed by atoms with van der Waals surface area (Å²) in [7, 11) is 0. The monoisotopic (exact) mass is 195 g/mol. The number of aliphatic hydroxyl groups excluding tert-OH is 4. The molecule has 13 heavy (non-hydrogen) atoms. The normalized spacial score (nSPS) is 52.2. The molecule has 1 saturated heterocycles. The lowest BCUT2D eigenvalue weighted by molar-refractivity contribution is -0.346. The Bertz CT molecular complexity index is 184. The molecule has 0 spiro atoms. The van der Waals surface area contributed by atoms with Gasteiger partial charge in [-0.2, -0.15) is 0 Å². The molecule has 7 N–H and O–H groups in total. The van der Waals surface area contributed by atoms with Crippen LogP contribution in [0.1, 0.15) is 0 Å². The van der Waals surface area contributed by atoms with E-state index in [9.17, 15) is 5.11 Å². The lowest BCUT2D eigenvalue weighted by Gasteiger charge is -2.42. The molecule has 1 heterocycles. The molecule has 7 nitrogen and oxygen atoms in total. The Morgan fingerprint density at radius 1 is 1.23 bits per heavy atom. The molecule has 0 saturated carbocycles. The third-order valence-corrected chi connectivity index (χ3v) is 2.00. The molecular formula is C6H13NO6. The molecular weight excluding hydrogens is 182 g/mol. The van der Waals surface area contributed by atoms with Crippen LogP contribution in [0.2, 0.25) is 0 Å². The Balaban J connectivity index is 2.79. The van der Waals surface area contributed by atoms with Crippen LogP contribution in [0.15, 0.2) is 0 Å². The van der Waals surface area contributed by atoms with Crippen LogP contribution in [0.4, 0.5) is 0 Å². The fraction of sp³-hybridized carbons (Fsp3) is 1.00. The van der Waals surface area contributed by atoms with Gasteiger partial charge >= 0.3 is 0 Å². The topological polar surface area (TPSA) is 136 Å². The van der Waals surface area contributed by atoms with Crippen molar-refractivity contribution in [2.45, 2.75) is 30.3 Å². The van der Waals surface area contributed by atoms with E-state index in [2.05, 4.69) is 4.74 Å². The second-order valence-electron chi connectivity index (χ2n) is 3.02. The van der Waals surface area contributed by atoms with Crippen LogP contribution in [0, 0.1) is 0 Å². The molecule has 0 amide bonds. The molecule has 5 atom stereocenters. The first-order chi connectivity index (χ1) is 5.90. The summed E-state index contributed by atoms with van der Waals surface area (Å²) in [5, 5.41) is 45.2. The van der Waals surface area contributed by atoms with Gasteiger partial charge in [0, 0.05) is 0 Å². The number of hydrogen-bond donors (Lipinski definition) is 6. The maximum absolute atomic E-state index is 9.18. The minimum atomic E-state index is -2.45. The van der Waals surface area contributed by atoms with Crippen LogP contribution >= 0.6 is 0 Å². The summed E-state index contributed by atoms with van der Waals surface area (Å²) < 4.78 is 4.54. The van der Waals surface area contributed by atoms with Crippen molar-refractivity contribution in [3.05, 3.63) is 0 Å². The van der Waals surface area contributed by atoms with Gasteiger partial charge in [0.2, 0.25) is 0 Å². The quantitative estimate of drug-likeness (QED) is 0.235. The standard InChI is InChI=1S/C6H13NO6/c7-6(12)5(11)4(10)3(9)2(1-8)13-6/h2-5,8-12H,1,7H2/t2-,3+,4+,5-,6-/m1/s1. The van der Waals surface area contributed by atoms with E-state index in [1.807, 2.05) is 0 Å². The van der Waals surface area contributed by atoms with E-state index in [4.69, 9.17) is 26.2 Å². The molecule has 0 unspecified atom stereocenters. The lowest BCUT2D eigenvalue weighted by atomic mass is 9.97. The molecule has 7 heteroatoms. The van der Waals surface area contributed by atoms with Crippen LogP contribution < -0.4 is 5.73 Å². The molecule has 0 aliphatic carbocycles. The molecule has 1 fully saturated rings. The lowest BCUT2D eigenvalue weighted by Crippen LogP contribution is -2.69. The number of nitrogens with two attached hydrogens (primary N) is 1. The van der Waals surface area contributed by atoms with Crippen LogP contribution in [-0.4, -0.2) is 62.5 Å². The van der Waals surface area contributed by atoms with Crippen LogP contribution in [-0.2, 0) is 4.74 Å². The van der Waals surface area contributed by atoms with E-state index >= 15 is 0 Å². The number of rotatable bonds is 1. The first-order valence-corrected chi connectivity index (χ1v) is 3.74. The van der Waals surface area contributed by atoms with Crippen LogP contribution in [0.3, 0.4) is 0 Å². The molecule has 78 valence electrons. The van der Waals surface area contributed by atoms with Crippen molar-refractivity contribution in [2.24, 2.45) is 5.73 Å². The first-order valence-electron chi connectivity index (χ1n) is 3.74. The van der Waals surface area contributed by atoms with Gasteiger partial charge in [-0.1, -0.05) is 0 Å². The summed E-state index contributed by atoms with van der Waals surface area (Å²) in [6.07, 6.45) is -6.16. The van der Waals surface area contributed by atoms with Gasteiger partial charge in [0.25, 0.3) is 5.91 Å². The number of hydrogen-bond acceptors (Lipinski definition) is 7. The Morgan fingerprint density at radius 3 is 2.23 bits per heavy atom. The summed E-state index contributed by atoms with van der Waals surface area (Å²) in [5.41, 5.74) is 5.04. The third-order valence-electron chi connectivity index (χ3n) is 2.00. The van der Waals surface area contributed by atoms with Crippen molar-refractivity contribution >= 4 is 0 Å². The zero-order valence-corrected chi connectivity index (χ0v) is 6.74. The van der Waals surface area contributed by atoms with Crippen molar-refractivity contribution in [1.29, 1.82) is 0 Å². The predicted molar refractivity (Wildman–Crippen MR) is 39.1 cm³/mol. The summed E-state index contributed by atoms with van der Waals surface area (Å²) in [5.74, 6) is -2.45. The minimum Gasteiger partial charge on any atom is -0.394 e. The highest BCUT2D eigenvalue weighted by Crippen LogP contribution is 2.23. The van der Waals surface area contributed by atoms with Crippen molar-refractivity contribution in [3.63, 3.8) is 0 Å². The summed E-state index contributed by atoms with van der Waals surface area (Å²) >= 11 is 0. The maximum atomic E-state index is 9.18. The zero-order valence-electron chi connectivity index (χ0n) is 6.74. The van der Waals surface area contributed by atoms with Crippen LogP contribution in [0.5, 0.6) is 0 Å². The van der Waals surface area contributed by atoms with Gasteiger partial charge in [-0.25, -0.2) is 0 Å². The SMILES string of the molecule is N[C@]1(O)O[C@H](CO)[C@H](O)[C@H](O)[C@H]1O. The highest BCUT2D eigenvalue weighted by Gasteiger charge is 2.50. The fourth-order valence-electron chi connectivity index (χ4n) is 1.18. The second kappa shape index (κ2) is 3.46. The van der Waals surface area contributed by atoms with Gasteiger partial charge in [0.05, 0.1) is 6.61 Å². The Labute approximate surface area is 74.0 Å². The van der Waals surface area contributed by atoms with E-state index in [1.165, 1.54) is 0 Å². The van der Waals surface area contributed by atoms with E-state index in [0.717, 1.165) is 0 Å². The predicted octanol–water partition coefficient (Wildman–Crippen LogP) is -3.94. The smallest absolute Gasteiger partial charge is 0.252 e. The van der Waals surface area contributed by atoms with Crippen molar-refractivity contribution in [1.82, 2.24) is 0 Å². The van der Waals surface area contributed by atoms with Crippen LogP contribution in [0.25, 0.3) is 0 Å². The molecule has 1 aliphatic rings. The van der Waals surface area contributed by atoms with E-state index in [-0.39, 0.29) is 0 Å². The van der Waals surface area contributed by atoms with Crippen molar-refractivity contribution in [3.8, 4) is 0 Å². The van der Waals surface area contributed by atoms with E-state index < -0.39 is 36.9 Å². The largest absolute Gasteiger partial charge is 0.394 e. The van der Waals surface area contributed by atoms with E-state index in [0.29, 0.717) is 0 Å². The second-order valence-corrected chi connectivity index (χ2v) is 3.02. The number of aliphatic hydroxyl groups is 5. The highest BCUT2D eigenvalue weighted by atomic mass is 16.7. The average molecular weight is 195 g/mol. The van der Waals surface area contributed by atoms with Gasteiger partial charge in [0.1, 0.15) is 18.3 Å². The minimum absolute atomic E-state index is 0.621. The molecule has 0 aromatic rings. The van der Waals surface area contributed by atoms with Crippen molar-refractivity contribution < 1.29 is 30.3 Å². The third kappa shape index (κ3) is 1.81. The number of ether oxygens (including phenoxy) is 1.